The van der Waals surface area contributed by atoms with Crippen molar-refractivity contribution in [1.82, 2.24) is 4.98 Å². The van der Waals surface area contributed by atoms with E-state index in [4.69, 9.17) is 17.3 Å². The largest absolute Gasteiger partial charge is 0.397 e. The first kappa shape index (κ1) is 13.3. The van der Waals surface area contributed by atoms with Crippen LogP contribution in [0.5, 0.6) is 0 Å². The minimum Gasteiger partial charge on any atom is -0.397 e. The van der Waals surface area contributed by atoms with E-state index in [0.717, 1.165) is 6.07 Å². The smallest absolute Gasteiger partial charge is 0.230 e. The molecule has 1 aromatic carbocycles. The minimum atomic E-state index is -0.455. The van der Waals surface area contributed by atoms with E-state index in [1.54, 1.807) is 12.1 Å². The quantitative estimate of drug-likeness (QED) is 0.907. The summed E-state index contributed by atoms with van der Waals surface area (Å²) in [6.07, 6.45) is 1.57. The Morgan fingerprint density at radius 2 is 2.16 bits per heavy atom. The molecule has 98 valence electrons. The number of amides is 1. The molecule has 1 aromatic heterocycles. The average molecular weight is 280 g/mol. The summed E-state index contributed by atoms with van der Waals surface area (Å²) in [5.74, 6) is -0.742. The summed E-state index contributed by atoms with van der Waals surface area (Å²) >= 11 is 5.81. The molecular weight excluding hydrogens is 269 g/mol. The van der Waals surface area contributed by atoms with Gasteiger partial charge in [-0.2, -0.15) is 0 Å². The number of carbonyl (C=O) groups excluding carboxylic acids is 1. The molecule has 2 aromatic rings. The van der Waals surface area contributed by atoms with Gasteiger partial charge in [-0.3, -0.25) is 9.78 Å². The Morgan fingerprint density at radius 1 is 1.37 bits per heavy atom. The number of halogens is 2. The molecule has 0 bridgehead atoms. The number of pyridine rings is 1. The highest BCUT2D eigenvalue weighted by Gasteiger charge is 2.08. The molecule has 0 aliphatic carbocycles. The van der Waals surface area contributed by atoms with Gasteiger partial charge in [0.1, 0.15) is 5.82 Å². The lowest BCUT2D eigenvalue weighted by Crippen LogP contribution is -2.15. The van der Waals surface area contributed by atoms with Crippen LogP contribution in [0.3, 0.4) is 0 Å². The molecule has 0 aliphatic heterocycles. The maximum absolute atomic E-state index is 12.9. The Balaban J connectivity index is 2.03. The highest BCUT2D eigenvalue weighted by molar-refractivity contribution is 6.33. The number of anilines is 2. The van der Waals surface area contributed by atoms with E-state index < -0.39 is 5.82 Å². The standard InChI is InChI=1S/C13H11ClFN3O/c14-11-5-8(15)1-4-12(11)18-13(19)6-10-3-2-9(16)7-17-10/h1-5,7H,6,16H2,(H,18,19). The Morgan fingerprint density at radius 3 is 2.79 bits per heavy atom. The number of benzene rings is 1. The molecule has 0 atom stereocenters. The zero-order chi connectivity index (χ0) is 13.8. The Labute approximate surface area is 114 Å². The number of hydrogen-bond donors (Lipinski definition) is 2. The second-order valence-electron chi connectivity index (χ2n) is 3.93. The van der Waals surface area contributed by atoms with Crippen molar-refractivity contribution in [3.8, 4) is 0 Å². The van der Waals surface area contributed by atoms with Crippen LogP contribution in [-0.2, 0) is 11.2 Å². The van der Waals surface area contributed by atoms with Crippen LogP contribution in [0.25, 0.3) is 0 Å². The molecule has 4 nitrogen and oxygen atoms in total. The van der Waals surface area contributed by atoms with Gasteiger partial charge in [-0.1, -0.05) is 11.6 Å². The fourth-order valence-corrected chi connectivity index (χ4v) is 1.70. The molecule has 0 spiro atoms. The molecule has 0 fully saturated rings. The SMILES string of the molecule is Nc1ccc(CC(=O)Nc2ccc(F)cc2Cl)nc1. The summed E-state index contributed by atoms with van der Waals surface area (Å²) in [6.45, 7) is 0. The zero-order valence-electron chi connectivity index (χ0n) is 9.86. The first-order valence-corrected chi connectivity index (χ1v) is 5.88. The third-order valence-corrected chi connectivity index (χ3v) is 2.71. The summed E-state index contributed by atoms with van der Waals surface area (Å²) in [4.78, 5) is 15.8. The van der Waals surface area contributed by atoms with Gasteiger partial charge in [0.25, 0.3) is 0 Å². The molecule has 0 aliphatic rings. The molecule has 0 saturated heterocycles. The van der Waals surface area contributed by atoms with Gasteiger partial charge < -0.3 is 11.1 Å². The third-order valence-electron chi connectivity index (χ3n) is 2.39. The Hall–Kier alpha value is -2.14. The zero-order valence-corrected chi connectivity index (χ0v) is 10.6. The van der Waals surface area contributed by atoms with Crippen LogP contribution in [0.1, 0.15) is 5.69 Å². The van der Waals surface area contributed by atoms with E-state index in [1.807, 2.05) is 0 Å². The normalized spacial score (nSPS) is 10.2. The van der Waals surface area contributed by atoms with Gasteiger partial charge in [-0.25, -0.2) is 4.39 Å². The molecule has 2 rings (SSSR count). The van der Waals surface area contributed by atoms with Crippen molar-refractivity contribution in [2.24, 2.45) is 0 Å². The topological polar surface area (TPSA) is 68.0 Å². The lowest BCUT2D eigenvalue weighted by atomic mass is 10.2. The van der Waals surface area contributed by atoms with E-state index in [-0.39, 0.29) is 17.4 Å². The summed E-state index contributed by atoms with van der Waals surface area (Å²) in [5.41, 5.74) is 6.98. The van der Waals surface area contributed by atoms with Gasteiger partial charge >= 0.3 is 0 Å². The number of nitrogens with zero attached hydrogens (tertiary/aromatic N) is 1. The maximum atomic E-state index is 12.9. The van der Waals surface area contributed by atoms with Crippen LogP contribution < -0.4 is 11.1 Å². The van der Waals surface area contributed by atoms with E-state index in [2.05, 4.69) is 10.3 Å². The van der Waals surface area contributed by atoms with Crippen molar-refractivity contribution in [2.75, 3.05) is 11.1 Å². The van der Waals surface area contributed by atoms with Crippen LogP contribution in [0.4, 0.5) is 15.8 Å². The third kappa shape index (κ3) is 3.66. The van der Waals surface area contributed by atoms with Crippen LogP contribution in [-0.4, -0.2) is 10.9 Å². The van der Waals surface area contributed by atoms with E-state index in [9.17, 15) is 9.18 Å². The van der Waals surface area contributed by atoms with Crippen molar-refractivity contribution < 1.29 is 9.18 Å². The molecule has 1 amide bonds. The second kappa shape index (κ2) is 5.67. The average Bonchev–Trinajstić information content (AvgIpc) is 2.36. The number of nitrogen functional groups attached to an aromatic ring is 1. The van der Waals surface area contributed by atoms with Gasteiger partial charge in [0.05, 0.1) is 29.0 Å². The van der Waals surface area contributed by atoms with Gasteiger partial charge in [0, 0.05) is 5.69 Å². The number of hydrogen-bond acceptors (Lipinski definition) is 3. The van der Waals surface area contributed by atoms with Gasteiger partial charge in [0.15, 0.2) is 0 Å². The van der Waals surface area contributed by atoms with Gasteiger partial charge in [-0.05, 0) is 30.3 Å². The van der Waals surface area contributed by atoms with Crippen molar-refractivity contribution in [2.45, 2.75) is 6.42 Å². The van der Waals surface area contributed by atoms with Crippen LogP contribution in [0.2, 0.25) is 5.02 Å². The fourth-order valence-electron chi connectivity index (χ4n) is 1.49. The minimum absolute atomic E-state index is 0.0913. The first-order chi connectivity index (χ1) is 9.04. The van der Waals surface area contributed by atoms with Crippen molar-refractivity contribution in [3.63, 3.8) is 0 Å². The Kier molecular flexibility index (Phi) is 3.97. The summed E-state index contributed by atoms with van der Waals surface area (Å²) in [6, 6.07) is 7.11. The number of rotatable bonds is 3. The maximum Gasteiger partial charge on any atom is 0.230 e. The van der Waals surface area contributed by atoms with Crippen molar-refractivity contribution >= 4 is 28.9 Å². The van der Waals surface area contributed by atoms with Crippen LogP contribution >= 0.6 is 11.6 Å². The van der Waals surface area contributed by atoms with Gasteiger partial charge in [0.2, 0.25) is 5.91 Å². The Bertz CT molecular complexity index is 601. The van der Waals surface area contributed by atoms with E-state index >= 15 is 0 Å². The summed E-state index contributed by atoms with van der Waals surface area (Å²) in [5, 5.41) is 2.74. The molecule has 6 heteroatoms. The highest BCUT2D eigenvalue weighted by atomic mass is 35.5. The van der Waals surface area contributed by atoms with E-state index in [0.29, 0.717) is 17.1 Å². The van der Waals surface area contributed by atoms with Crippen LogP contribution in [0.15, 0.2) is 36.5 Å². The molecule has 3 N–H and O–H groups in total. The van der Waals surface area contributed by atoms with Crippen molar-refractivity contribution in [1.29, 1.82) is 0 Å². The molecule has 0 radical (unpaired) electrons. The first-order valence-electron chi connectivity index (χ1n) is 5.50. The fraction of sp³-hybridized carbons (Fsp3) is 0.0769. The number of nitrogens with two attached hydrogens (primary N) is 1. The molecule has 0 unspecified atom stereocenters. The predicted octanol–water partition coefficient (Wildman–Crippen LogP) is 2.64. The molecule has 0 saturated carbocycles. The molecule has 19 heavy (non-hydrogen) atoms. The van der Waals surface area contributed by atoms with Crippen LogP contribution in [0, 0.1) is 5.82 Å². The van der Waals surface area contributed by atoms with Gasteiger partial charge in [-0.15, -0.1) is 0 Å². The summed E-state index contributed by atoms with van der Waals surface area (Å²) < 4.78 is 12.9. The highest BCUT2D eigenvalue weighted by Crippen LogP contribution is 2.22. The monoisotopic (exact) mass is 279 g/mol. The number of nitrogens with one attached hydrogen (secondary N) is 1. The lowest BCUT2D eigenvalue weighted by Gasteiger charge is -2.07. The van der Waals surface area contributed by atoms with Crippen molar-refractivity contribution in [3.05, 3.63) is 53.1 Å². The summed E-state index contributed by atoms with van der Waals surface area (Å²) in [7, 11) is 0. The number of carbonyl (C=O) groups is 1. The lowest BCUT2D eigenvalue weighted by molar-refractivity contribution is -0.115. The van der Waals surface area contributed by atoms with E-state index in [1.165, 1.54) is 18.3 Å². The predicted molar refractivity (Wildman–Crippen MR) is 72.4 cm³/mol. The number of aromatic nitrogens is 1. The molecule has 1 heterocycles. The second-order valence-corrected chi connectivity index (χ2v) is 4.34. The molecular formula is C13H11ClFN3O.